The summed E-state index contributed by atoms with van der Waals surface area (Å²) in [6.45, 7) is 3.56. The van der Waals surface area contributed by atoms with E-state index in [4.69, 9.17) is 4.74 Å². The van der Waals surface area contributed by atoms with E-state index in [-0.39, 0.29) is 12.6 Å². The van der Waals surface area contributed by atoms with Crippen LogP contribution in [-0.2, 0) is 9.53 Å². The van der Waals surface area contributed by atoms with E-state index >= 15 is 0 Å². The molecule has 2 rings (SSSR count). The maximum absolute atomic E-state index is 12.2. The average molecular weight is 307 g/mol. The molecule has 21 heavy (non-hydrogen) atoms. The number of carboxylic acids is 1. The van der Waals surface area contributed by atoms with E-state index in [0.29, 0.717) is 11.5 Å². The molecule has 1 fully saturated rings. The molecule has 0 aliphatic carbocycles. The van der Waals surface area contributed by atoms with Crippen molar-refractivity contribution in [3.63, 3.8) is 0 Å². The van der Waals surface area contributed by atoms with Crippen LogP contribution in [-0.4, -0.2) is 46.2 Å². The predicted molar refractivity (Wildman–Crippen MR) is 81.3 cm³/mol. The molecule has 1 aliphatic rings. The van der Waals surface area contributed by atoms with E-state index in [9.17, 15) is 14.7 Å². The molecule has 5 nitrogen and oxygen atoms in total. The fourth-order valence-corrected chi connectivity index (χ4v) is 3.49. The third-order valence-electron chi connectivity index (χ3n) is 3.23. The monoisotopic (exact) mass is 307 g/mol. The number of benzene rings is 1. The average Bonchev–Trinajstić information content (AvgIpc) is 2.52. The van der Waals surface area contributed by atoms with E-state index in [1.54, 1.807) is 0 Å². The van der Waals surface area contributed by atoms with Crippen LogP contribution >= 0.6 is 11.8 Å². The number of carboxylic acid groups (broad SMARTS) is 1. The van der Waals surface area contributed by atoms with Crippen LogP contribution < -0.4 is 0 Å². The first-order valence-electron chi connectivity index (χ1n) is 6.56. The molecule has 0 aromatic heterocycles. The lowest BCUT2D eigenvalue weighted by molar-refractivity contribution is -0.142. The summed E-state index contributed by atoms with van der Waals surface area (Å²) in [6.07, 6.45) is 0.848. The second-order valence-electron chi connectivity index (χ2n) is 4.59. The van der Waals surface area contributed by atoms with Crippen LogP contribution in [0.5, 0.6) is 0 Å². The van der Waals surface area contributed by atoms with Gasteiger partial charge in [-0.1, -0.05) is 43.0 Å². The van der Waals surface area contributed by atoms with Crippen LogP contribution in [0.15, 0.2) is 43.0 Å². The van der Waals surface area contributed by atoms with Gasteiger partial charge in [0.2, 0.25) is 0 Å². The predicted octanol–water partition coefficient (Wildman–Crippen LogP) is 2.55. The van der Waals surface area contributed by atoms with Crippen molar-refractivity contribution in [2.45, 2.75) is 12.1 Å². The topological polar surface area (TPSA) is 66.8 Å². The molecule has 0 saturated carbocycles. The number of nitrogens with zero attached hydrogens (tertiary/aromatic N) is 1. The number of thioether (sulfide) groups is 1. The van der Waals surface area contributed by atoms with Gasteiger partial charge in [-0.15, -0.1) is 0 Å². The summed E-state index contributed by atoms with van der Waals surface area (Å²) < 4.78 is 5.06. The second-order valence-corrected chi connectivity index (χ2v) is 5.67. The molecular weight excluding hydrogens is 290 g/mol. The van der Waals surface area contributed by atoms with Gasteiger partial charge < -0.3 is 9.84 Å². The maximum Gasteiger partial charge on any atom is 0.411 e. The first-order chi connectivity index (χ1) is 10.1. The summed E-state index contributed by atoms with van der Waals surface area (Å²) in [5.41, 5.74) is 0.909. The summed E-state index contributed by atoms with van der Waals surface area (Å²) in [4.78, 5) is 25.0. The number of carbonyl (C=O) groups excluding carboxylic acids is 1. The minimum Gasteiger partial charge on any atom is -0.480 e. The van der Waals surface area contributed by atoms with Crippen molar-refractivity contribution >= 4 is 23.8 Å². The SMILES string of the molecule is C=CCOC(=O)N1[C@@H](c2ccccc2)CSC[C@H]1C(=O)O. The van der Waals surface area contributed by atoms with Crippen LogP contribution in [0.1, 0.15) is 11.6 Å². The smallest absolute Gasteiger partial charge is 0.411 e. The Morgan fingerprint density at radius 1 is 1.38 bits per heavy atom. The quantitative estimate of drug-likeness (QED) is 0.866. The Labute approximate surface area is 127 Å². The summed E-state index contributed by atoms with van der Waals surface area (Å²) in [6, 6.07) is 8.23. The number of ether oxygens (including phenoxy) is 1. The van der Waals surface area contributed by atoms with E-state index in [0.717, 1.165) is 5.56 Å². The van der Waals surface area contributed by atoms with Crippen LogP contribution in [0.2, 0.25) is 0 Å². The van der Waals surface area contributed by atoms with Crippen LogP contribution in [0.25, 0.3) is 0 Å². The molecular formula is C15H17NO4S. The molecule has 0 spiro atoms. The molecule has 0 bridgehead atoms. The number of aliphatic carboxylic acids is 1. The van der Waals surface area contributed by atoms with Crippen molar-refractivity contribution in [2.24, 2.45) is 0 Å². The van der Waals surface area contributed by atoms with Crippen LogP contribution in [0.3, 0.4) is 0 Å². The highest BCUT2D eigenvalue weighted by Crippen LogP contribution is 2.33. The second kappa shape index (κ2) is 7.17. The molecule has 1 N–H and O–H groups in total. The standard InChI is InChI=1S/C15H17NO4S/c1-2-8-20-15(19)16-12(11-6-4-3-5-7-11)9-21-10-13(16)14(17)18/h2-7,12-13H,1,8-10H2,(H,17,18)/t12-,13+/m1/s1. The zero-order valence-electron chi connectivity index (χ0n) is 11.5. The minimum atomic E-state index is -1.02. The van der Waals surface area contributed by atoms with Gasteiger partial charge in [-0.05, 0) is 5.56 Å². The first kappa shape index (κ1) is 15.4. The third-order valence-corrected chi connectivity index (χ3v) is 4.33. The number of hydrogen-bond acceptors (Lipinski definition) is 4. The van der Waals surface area contributed by atoms with Gasteiger partial charge in [0.05, 0.1) is 6.04 Å². The summed E-state index contributed by atoms with van der Waals surface area (Å²) in [7, 11) is 0. The lowest BCUT2D eigenvalue weighted by Crippen LogP contribution is -2.52. The van der Waals surface area contributed by atoms with Crippen molar-refractivity contribution < 1.29 is 19.4 Å². The molecule has 1 aromatic carbocycles. The largest absolute Gasteiger partial charge is 0.480 e. The fraction of sp³-hybridized carbons (Fsp3) is 0.333. The van der Waals surface area contributed by atoms with Gasteiger partial charge in [-0.2, -0.15) is 11.8 Å². The van der Waals surface area contributed by atoms with Crippen molar-refractivity contribution in [3.8, 4) is 0 Å². The van der Waals surface area contributed by atoms with Gasteiger partial charge in [0, 0.05) is 11.5 Å². The van der Waals surface area contributed by atoms with Crippen molar-refractivity contribution in [3.05, 3.63) is 48.6 Å². The van der Waals surface area contributed by atoms with E-state index in [2.05, 4.69) is 6.58 Å². The first-order valence-corrected chi connectivity index (χ1v) is 7.72. The normalized spacial score (nSPS) is 21.6. The van der Waals surface area contributed by atoms with E-state index in [1.165, 1.54) is 22.7 Å². The number of carbonyl (C=O) groups is 2. The lowest BCUT2D eigenvalue weighted by atomic mass is 10.1. The highest BCUT2D eigenvalue weighted by molar-refractivity contribution is 7.99. The fourth-order valence-electron chi connectivity index (χ4n) is 2.25. The van der Waals surface area contributed by atoms with Crippen LogP contribution in [0, 0.1) is 0 Å². The number of rotatable bonds is 4. The minimum absolute atomic E-state index is 0.0658. The Hall–Kier alpha value is -1.95. The molecule has 6 heteroatoms. The molecule has 1 aromatic rings. The van der Waals surface area contributed by atoms with Gasteiger partial charge in [0.25, 0.3) is 0 Å². The Morgan fingerprint density at radius 3 is 2.71 bits per heavy atom. The molecule has 0 unspecified atom stereocenters. The Bertz CT molecular complexity index is 520. The summed E-state index contributed by atoms with van der Waals surface area (Å²) in [5.74, 6) is -0.00237. The zero-order chi connectivity index (χ0) is 15.2. The number of hydrogen-bond donors (Lipinski definition) is 1. The third kappa shape index (κ3) is 3.58. The molecule has 2 atom stereocenters. The van der Waals surface area contributed by atoms with Crippen molar-refractivity contribution in [1.82, 2.24) is 4.90 Å². The van der Waals surface area contributed by atoms with E-state index < -0.39 is 18.1 Å². The van der Waals surface area contributed by atoms with Gasteiger partial charge in [-0.25, -0.2) is 9.59 Å². The highest BCUT2D eigenvalue weighted by Gasteiger charge is 2.40. The van der Waals surface area contributed by atoms with Gasteiger partial charge >= 0.3 is 12.1 Å². The molecule has 0 radical (unpaired) electrons. The maximum atomic E-state index is 12.2. The molecule has 1 aliphatic heterocycles. The van der Waals surface area contributed by atoms with Crippen molar-refractivity contribution in [1.29, 1.82) is 0 Å². The van der Waals surface area contributed by atoms with Crippen LogP contribution in [0.4, 0.5) is 4.79 Å². The van der Waals surface area contributed by atoms with Gasteiger partial charge in [0.1, 0.15) is 12.6 Å². The molecule has 112 valence electrons. The highest BCUT2D eigenvalue weighted by atomic mass is 32.2. The van der Waals surface area contributed by atoms with Crippen molar-refractivity contribution in [2.75, 3.05) is 18.1 Å². The zero-order valence-corrected chi connectivity index (χ0v) is 12.3. The molecule has 1 amide bonds. The Morgan fingerprint density at radius 2 is 2.10 bits per heavy atom. The van der Waals surface area contributed by atoms with E-state index in [1.807, 2.05) is 30.3 Å². The van der Waals surface area contributed by atoms with Gasteiger partial charge in [-0.3, -0.25) is 4.90 Å². The van der Waals surface area contributed by atoms with Gasteiger partial charge in [0.15, 0.2) is 0 Å². The lowest BCUT2D eigenvalue weighted by Gasteiger charge is -2.39. The summed E-state index contributed by atoms with van der Waals surface area (Å²) in [5, 5.41) is 9.36. The number of amides is 1. The Balaban J connectivity index is 2.29. The molecule has 1 saturated heterocycles. The molecule has 1 heterocycles. The Kier molecular flexibility index (Phi) is 5.27. The summed E-state index contributed by atoms with van der Waals surface area (Å²) >= 11 is 1.53.